The van der Waals surface area contributed by atoms with Gasteiger partial charge in [0, 0.05) is 35.6 Å². The van der Waals surface area contributed by atoms with Crippen molar-refractivity contribution in [3.8, 4) is 0 Å². The first kappa shape index (κ1) is 28.9. The summed E-state index contributed by atoms with van der Waals surface area (Å²) >= 11 is 11.9. The molecule has 0 radical (unpaired) electrons. The first-order chi connectivity index (χ1) is 16.4. The molecule has 0 fully saturated rings. The van der Waals surface area contributed by atoms with Crippen LogP contribution in [0.2, 0.25) is 10.0 Å². The van der Waals surface area contributed by atoms with E-state index < -0.39 is 16.1 Å². The van der Waals surface area contributed by atoms with Crippen LogP contribution in [0.25, 0.3) is 0 Å². The highest BCUT2D eigenvalue weighted by molar-refractivity contribution is 7.92. The SMILES string of the molecule is CC[C@@H](C)NC(=O)[C@H](C)N(Cc1ccc(Cl)cc1)C(=O)CCCN(c1ccc(Cl)cc1)S(C)(=O)=O. The summed E-state index contributed by atoms with van der Waals surface area (Å²) in [5, 5.41) is 4.01. The van der Waals surface area contributed by atoms with E-state index in [4.69, 9.17) is 23.2 Å². The van der Waals surface area contributed by atoms with Gasteiger partial charge < -0.3 is 10.2 Å². The molecule has 2 amide bonds. The lowest BCUT2D eigenvalue weighted by Gasteiger charge is -2.30. The number of hydrogen-bond acceptors (Lipinski definition) is 4. The van der Waals surface area contributed by atoms with Gasteiger partial charge in [-0.15, -0.1) is 0 Å². The van der Waals surface area contributed by atoms with Gasteiger partial charge in [-0.25, -0.2) is 8.42 Å². The zero-order valence-corrected chi connectivity index (χ0v) is 22.8. The summed E-state index contributed by atoms with van der Waals surface area (Å²) in [6.45, 7) is 5.93. The Bertz CT molecular complexity index is 1090. The predicted molar refractivity (Wildman–Crippen MR) is 142 cm³/mol. The molecule has 0 aromatic heterocycles. The Labute approximate surface area is 218 Å². The van der Waals surface area contributed by atoms with Crippen LogP contribution in [-0.2, 0) is 26.2 Å². The second-order valence-electron chi connectivity index (χ2n) is 8.56. The first-order valence-corrected chi connectivity index (χ1v) is 14.1. The average molecular weight is 543 g/mol. The number of sulfonamides is 1. The van der Waals surface area contributed by atoms with Gasteiger partial charge in [-0.2, -0.15) is 0 Å². The monoisotopic (exact) mass is 541 g/mol. The Balaban J connectivity index is 2.15. The number of hydrogen-bond donors (Lipinski definition) is 1. The quantitative estimate of drug-likeness (QED) is 0.415. The van der Waals surface area contributed by atoms with Crippen molar-refractivity contribution >= 4 is 50.7 Å². The number of nitrogens with zero attached hydrogens (tertiary/aromatic N) is 2. The lowest BCUT2D eigenvalue weighted by Crippen LogP contribution is -2.49. The largest absolute Gasteiger partial charge is 0.352 e. The topological polar surface area (TPSA) is 86.8 Å². The predicted octanol–water partition coefficient (Wildman–Crippen LogP) is 4.87. The fourth-order valence-electron chi connectivity index (χ4n) is 3.45. The molecule has 0 aliphatic rings. The molecule has 10 heteroatoms. The highest BCUT2D eigenvalue weighted by atomic mass is 35.5. The molecule has 0 aliphatic heterocycles. The van der Waals surface area contributed by atoms with E-state index in [1.165, 1.54) is 9.21 Å². The van der Waals surface area contributed by atoms with Crippen molar-refractivity contribution in [1.29, 1.82) is 0 Å². The number of carbonyl (C=O) groups excluding carboxylic acids is 2. The second kappa shape index (κ2) is 13.1. The summed E-state index contributed by atoms with van der Waals surface area (Å²) in [5.74, 6) is -0.475. The third-order valence-corrected chi connectivity index (χ3v) is 7.40. The molecule has 35 heavy (non-hydrogen) atoms. The van der Waals surface area contributed by atoms with Crippen LogP contribution in [0, 0.1) is 0 Å². The fourth-order valence-corrected chi connectivity index (χ4v) is 4.66. The Morgan fingerprint density at radius 3 is 2.03 bits per heavy atom. The normalized spacial score (nSPS) is 13.1. The molecule has 192 valence electrons. The van der Waals surface area contributed by atoms with Crippen molar-refractivity contribution in [3.05, 3.63) is 64.1 Å². The van der Waals surface area contributed by atoms with Gasteiger partial charge in [0.15, 0.2) is 0 Å². The number of rotatable bonds is 12. The maximum absolute atomic E-state index is 13.3. The van der Waals surface area contributed by atoms with E-state index in [0.29, 0.717) is 15.7 Å². The van der Waals surface area contributed by atoms with Crippen LogP contribution in [0.3, 0.4) is 0 Å². The summed E-state index contributed by atoms with van der Waals surface area (Å²) in [7, 11) is -3.56. The molecule has 2 aromatic carbocycles. The lowest BCUT2D eigenvalue weighted by atomic mass is 10.1. The zero-order chi connectivity index (χ0) is 26.2. The van der Waals surface area contributed by atoms with Crippen molar-refractivity contribution in [3.63, 3.8) is 0 Å². The van der Waals surface area contributed by atoms with Crippen LogP contribution in [0.15, 0.2) is 48.5 Å². The van der Waals surface area contributed by atoms with E-state index in [2.05, 4.69) is 5.32 Å². The van der Waals surface area contributed by atoms with Crippen LogP contribution in [0.4, 0.5) is 5.69 Å². The first-order valence-electron chi connectivity index (χ1n) is 11.5. The van der Waals surface area contributed by atoms with Crippen LogP contribution < -0.4 is 9.62 Å². The molecule has 2 rings (SSSR count). The number of benzene rings is 2. The molecule has 7 nitrogen and oxygen atoms in total. The van der Waals surface area contributed by atoms with Gasteiger partial charge >= 0.3 is 0 Å². The van der Waals surface area contributed by atoms with Crippen LogP contribution >= 0.6 is 23.2 Å². The number of anilines is 1. The molecule has 0 aliphatic carbocycles. The van der Waals surface area contributed by atoms with E-state index in [0.717, 1.165) is 18.2 Å². The molecule has 0 saturated heterocycles. The number of carbonyl (C=O) groups is 2. The number of nitrogens with one attached hydrogen (secondary N) is 1. The van der Waals surface area contributed by atoms with Crippen LogP contribution in [-0.4, -0.2) is 50.0 Å². The Hall–Kier alpha value is -2.29. The van der Waals surface area contributed by atoms with Gasteiger partial charge in [-0.05, 0) is 68.7 Å². The molecule has 1 N–H and O–H groups in total. The third kappa shape index (κ3) is 9.02. The smallest absolute Gasteiger partial charge is 0.242 e. The van der Waals surface area contributed by atoms with Crippen molar-refractivity contribution in [2.24, 2.45) is 0 Å². The Morgan fingerprint density at radius 1 is 0.971 bits per heavy atom. The molecular weight excluding hydrogens is 509 g/mol. The summed E-state index contributed by atoms with van der Waals surface area (Å²) in [6.07, 6.45) is 2.26. The number of halogens is 2. The lowest BCUT2D eigenvalue weighted by molar-refractivity contribution is -0.140. The third-order valence-electron chi connectivity index (χ3n) is 5.70. The second-order valence-corrected chi connectivity index (χ2v) is 11.3. The number of amides is 2. The highest BCUT2D eigenvalue weighted by Crippen LogP contribution is 2.21. The van der Waals surface area contributed by atoms with Crippen molar-refractivity contribution < 1.29 is 18.0 Å². The maximum atomic E-state index is 13.3. The molecular formula is C25H33Cl2N3O4S. The van der Waals surface area contributed by atoms with E-state index in [9.17, 15) is 18.0 Å². The summed E-state index contributed by atoms with van der Waals surface area (Å²) in [5.41, 5.74) is 1.31. The van der Waals surface area contributed by atoms with Gasteiger partial charge in [0.05, 0.1) is 11.9 Å². The van der Waals surface area contributed by atoms with E-state index in [1.807, 2.05) is 26.0 Å². The molecule has 0 heterocycles. The van der Waals surface area contributed by atoms with Crippen LogP contribution in [0.5, 0.6) is 0 Å². The average Bonchev–Trinajstić information content (AvgIpc) is 2.80. The van der Waals surface area contributed by atoms with E-state index in [-0.39, 0.29) is 43.8 Å². The van der Waals surface area contributed by atoms with Gasteiger partial charge in [0.1, 0.15) is 6.04 Å². The Morgan fingerprint density at radius 2 is 1.51 bits per heavy atom. The van der Waals surface area contributed by atoms with Crippen molar-refractivity contribution in [2.75, 3.05) is 17.1 Å². The molecule has 2 aromatic rings. The minimum Gasteiger partial charge on any atom is -0.352 e. The standard InChI is InChI=1S/C25H33Cl2N3O4S/c1-5-18(2)28-25(32)19(3)29(17-20-8-10-21(26)11-9-20)24(31)7-6-16-30(35(4,33)34)23-14-12-22(27)13-15-23/h8-15,18-19H,5-7,16-17H2,1-4H3,(H,28,32)/t18-,19+/m1/s1. The minimum atomic E-state index is -3.56. The van der Waals surface area contributed by atoms with E-state index in [1.54, 1.807) is 43.3 Å². The van der Waals surface area contributed by atoms with Crippen molar-refractivity contribution in [1.82, 2.24) is 10.2 Å². The molecule has 0 unspecified atom stereocenters. The van der Waals surface area contributed by atoms with E-state index >= 15 is 0 Å². The summed E-state index contributed by atoms with van der Waals surface area (Å²) < 4.78 is 26.0. The summed E-state index contributed by atoms with van der Waals surface area (Å²) in [4.78, 5) is 27.6. The van der Waals surface area contributed by atoms with Gasteiger partial charge in [-0.3, -0.25) is 13.9 Å². The highest BCUT2D eigenvalue weighted by Gasteiger charge is 2.27. The fraction of sp³-hybridized carbons (Fsp3) is 0.440. The van der Waals surface area contributed by atoms with Gasteiger partial charge in [-0.1, -0.05) is 42.3 Å². The van der Waals surface area contributed by atoms with Gasteiger partial charge in [0.2, 0.25) is 21.8 Å². The minimum absolute atomic E-state index is 0.0138. The molecule has 2 atom stereocenters. The Kier molecular flexibility index (Phi) is 10.9. The molecule has 0 spiro atoms. The summed E-state index contributed by atoms with van der Waals surface area (Å²) in [6, 6.07) is 12.9. The zero-order valence-electron chi connectivity index (χ0n) is 20.5. The maximum Gasteiger partial charge on any atom is 0.242 e. The molecule has 0 saturated carbocycles. The molecule has 0 bridgehead atoms. The van der Waals surface area contributed by atoms with Crippen LogP contribution in [0.1, 0.15) is 45.6 Å². The van der Waals surface area contributed by atoms with Gasteiger partial charge in [0.25, 0.3) is 0 Å². The van der Waals surface area contributed by atoms with Crippen molar-refractivity contribution in [2.45, 2.75) is 58.7 Å².